The molecule has 0 aliphatic rings. The Morgan fingerprint density at radius 1 is 1.25 bits per heavy atom. The second kappa shape index (κ2) is 5.92. The van der Waals surface area contributed by atoms with Crippen LogP contribution in [0.15, 0.2) is 18.2 Å². The van der Waals surface area contributed by atoms with E-state index in [0.29, 0.717) is 0 Å². The molecule has 0 spiro atoms. The van der Waals surface area contributed by atoms with Crippen LogP contribution in [0, 0.1) is 13.8 Å². The number of aryl methyl sites for hydroxylation is 2. The largest absolute Gasteiger partial charge is 0.374 e. The Labute approximate surface area is 94.4 Å². The molecule has 0 aliphatic heterocycles. The highest BCUT2D eigenvalue weighted by atomic mass is 19.3. The first kappa shape index (κ1) is 13.1. The van der Waals surface area contributed by atoms with Gasteiger partial charge in [-0.05, 0) is 25.0 Å². The monoisotopic (exact) mass is 229 g/mol. The number of hydrogen-bond donors (Lipinski definition) is 1. The average Bonchev–Trinajstić information content (AvgIpc) is 2.16. The molecule has 2 nitrogen and oxygen atoms in total. The molecule has 0 fully saturated rings. The zero-order valence-electron chi connectivity index (χ0n) is 9.54. The van der Waals surface area contributed by atoms with E-state index in [-0.39, 0.29) is 12.6 Å². The van der Waals surface area contributed by atoms with Crippen LogP contribution in [-0.2, 0) is 4.74 Å². The van der Waals surface area contributed by atoms with Gasteiger partial charge in [0.1, 0.15) is 6.61 Å². The molecule has 16 heavy (non-hydrogen) atoms. The molecule has 1 rings (SSSR count). The minimum absolute atomic E-state index is 0.119. The van der Waals surface area contributed by atoms with Crippen molar-refractivity contribution in [3.05, 3.63) is 34.9 Å². The van der Waals surface area contributed by atoms with Crippen molar-refractivity contribution < 1.29 is 13.5 Å². The summed E-state index contributed by atoms with van der Waals surface area (Å²) in [4.78, 5) is 0. The minimum Gasteiger partial charge on any atom is -0.374 e. The van der Waals surface area contributed by atoms with Crippen LogP contribution < -0.4 is 5.73 Å². The first-order valence-corrected chi connectivity index (χ1v) is 5.19. The van der Waals surface area contributed by atoms with Crippen LogP contribution >= 0.6 is 0 Å². The van der Waals surface area contributed by atoms with Crippen LogP contribution in [0.25, 0.3) is 0 Å². The fourth-order valence-electron chi connectivity index (χ4n) is 1.62. The van der Waals surface area contributed by atoms with Gasteiger partial charge in [-0.1, -0.05) is 23.8 Å². The summed E-state index contributed by atoms with van der Waals surface area (Å²) in [5.41, 5.74) is 9.02. The van der Waals surface area contributed by atoms with Gasteiger partial charge in [0.15, 0.2) is 0 Å². The highest BCUT2D eigenvalue weighted by Gasteiger charge is 2.10. The predicted octanol–water partition coefficient (Wildman–Crippen LogP) is 2.58. The van der Waals surface area contributed by atoms with Crippen molar-refractivity contribution in [3.63, 3.8) is 0 Å². The molecule has 1 aromatic rings. The summed E-state index contributed by atoms with van der Waals surface area (Å²) in [5, 5.41) is 0. The van der Waals surface area contributed by atoms with Crippen LogP contribution in [-0.4, -0.2) is 19.6 Å². The van der Waals surface area contributed by atoms with E-state index in [1.807, 2.05) is 32.0 Å². The number of halogens is 2. The Bertz CT molecular complexity index is 342. The highest BCUT2D eigenvalue weighted by molar-refractivity contribution is 5.32. The van der Waals surface area contributed by atoms with Crippen molar-refractivity contribution in [2.24, 2.45) is 5.73 Å². The van der Waals surface area contributed by atoms with Gasteiger partial charge in [-0.3, -0.25) is 0 Å². The van der Waals surface area contributed by atoms with Crippen LogP contribution in [0.5, 0.6) is 0 Å². The first-order valence-electron chi connectivity index (χ1n) is 5.19. The Hall–Kier alpha value is -1.00. The molecule has 1 unspecified atom stereocenters. The standard InChI is InChI=1S/C12H17F2NO/c1-8-3-4-10(9(2)5-8)11(15)6-16-7-12(13)14/h3-5,11-12H,6-7,15H2,1-2H3. The number of nitrogens with two attached hydrogens (primary N) is 1. The molecule has 0 aromatic heterocycles. The van der Waals surface area contributed by atoms with Gasteiger partial charge in [0.2, 0.25) is 0 Å². The van der Waals surface area contributed by atoms with Crippen LogP contribution in [0.3, 0.4) is 0 Å². The highest BCUT2D eigenvalue weighted by Crippen LogP contribution is 2.17. The van der Waals surface area contributed by atoms with Gasteiger partial charge < -0.3 is 10.5 Å². The average molecular weight is 229 g/mol. The second-order valence-corrected chi connectivity index (χ2v) is 3.90. The summed E-state index contributed by atoms with van der Waals surface area (Å²) >= 11 is 0. The summed E-state index contributed by atoms with van der Waals surface area (Å²) in [6.07, 6.45) is -2.44. The topological polar surface area (TPSA) is 35.2 Å². The SMILES string of the molecule is Cc1ccc(C(N)COCC(F)F)c(C)c1. The number of hydrogen-bond acceptors (Lipinski definition) is 2. The van der Waals surface area contributed by atoms with Gasteiger partial charge in [0.25, 0.3) is 6.43 Å². The summed E-state index contributed by atoms with van der Waals surface area (Å²) in [6, 6.07) is 5.54. The van der Waals surface area contributed by atoms with Crippen molar-refractivity contribution in [2.45, 2.75) is 26.3 Å². The number of alkyl halides is 2. The van der Waals surface area contributed by atoms with E-state index in [4.69, 9.17) is 10.5 Å². The van der Waals surface area contributed by atoms with E-state index in [1.54, 1.807) is 0 Å². The number of benzene rings is 1. The van der Waals surface area contributed by atoms with Gasteiger partial charge in [-0.2, -0.15) is 0 Å². The zero-order valence-corrected chi connectivity index (χ0v) is 9.54. The van der Waals surface area contributed by atoms with Crippen LogP contribution in [0.4, 0.5) is 8.78 Å². The summed E-state index contributed by atoms with van der Waals surface area (Å²) < 4.78 is 28.5. The van der Waals surface area contributed by atoms with E-state index < -0.39 is 13.0 Å². The fraction of sp³-hybridized carbons (Fsp3) is 0.500. The summed E-state index contributed by atoms with van der Waals surface area (Å²) in [7, 11) is 0. The van der Waals surface area contributed by atoms with Gasteiger partial charge in [-0.25, -0.2) is 8.78 Å². The molecule has 0 saturated heterocycles. The van der Waals surface area contributed by atoms with Gasteiger partial charge in [0.05, 0.1) is 12.6 Å². The molecule has 0 bridgehead atoms. The predicted molar refractivity (Wildman–Crippen MR) is 59.7 cm³/mol. The van der Waals surface area contributed by atoms with Crippen molar-refractivity contribution in [3.8, 4) is 0 Å². The molecule has 0 aliphatic carbocycles. The lowest BCUT2D eigenvalue weighted by Gasteiger charge is -2.15. The first-order chi connectivity index (χ1) is 7.50. The quantitative estimate of drug-likeness (QED) is 0.842. The van der Waals surface area contributed by atoms with E-state index in [0.717, 1.165) is 16.7 Å². The summed E-state index contributed by atoms with van der Waals surface area (Å²) in [6.45, 7) is 3.51. The minimum atomic E-state index is -2.44. The lowest BCUT2D eigenvalue weighted by Crippen LogP contribution is -2.20. The molecular formula is C12H17F2NO. The molecule has 1 atom stereocenters. The van der Waals surface area contributed by atoms with E-state index in [2.05, 4.69) is 0 Å². The molecule has 2 N–H and O–H groups in total. The van der Waals surface area contributed by atoms with E-state index >= 15 is 0 Å². The lowest BCUT2D eigenvalue weighted by atomic mass is 10.0. The van der Waals surface area contributed by atoms with Crippen molar-refractivity contribution in [1.29, 1.82) is 0 Å². The Kier molecular flexibility index (Phi) is 4.83. The maximum atomic E-state index is 11.9. The van der Waals surface area contributed by atoms with Crippen molar-refractivity contribution in [2.75, 3.05) is 13.2 Å². The maximum Gasteiger partial charge on any atom is 0.261 e. The smallest absolute Gasteiger partial charge is 0.261 e. The lowest BCUT2D eigenvalue weighted by molar-refractivity contribution is 0.0125. The molecular weight excluding hydrogens is 212 g/mol. The Morgan fingerprint density at radius 2 is 1.94 bits per heavy atom. The van der Waals surface area contributed by atoms with Gasteiger partial charge in [-0.15, -0.1) is 0 Å². The van der Waals surface area contributed by atoms with Crippen LogP contribution in [0.1, 0.15) is 22.7 Å². The second-order valence-electron chi connectivity index (χ2n) is 3.90. The molecule has 1 aromatic carbocycles. The number of rotatable bonds is 5. The molecule has 90 valence electrons. The zero-order chi connectivity index (χ0) is 12.1. The van der Waals surface area contributed by atoms with Gasteiger partial charge in [0, 0.05) is 0 Å². The molecule has 0 heterocycles. The van der Waals surface area contributed by atoms with Gasteiger partial charge >= 0.3 is 0 Å². The molecule has 0 radical (unpaired) electrons. The number of ether oxygens (including phenoxy) is 1. The summed E-state index contributed by atoms with van der Waals surface area (Å²) in [5.74, 6) is 0. The fourth-order valence-corrected chi connectivity index (χ4v) is 1.62. The maximum absolute atomic E-state index is 11.9. The Morgan fingerprint density at radius 3 is 2.50 bits per heavy atom. The van der Waals surface area contributed by atoms with Crippen LogP contribution in [0.2, 0.25) is 0 Å². The molecule has 4 heteroatoms. The van der Waals surface area contributed by atoms with Crippen molar-refractivity contribution in [1.82, 2.24) is 0 Å². The third kappa shape index (κ3) is 3.87. The van der Waals surface area contributed by atoms with Crippen molar-refractivity contribution >= 4 is 0 Å². The normalized spacial score (nSPS) is 13.1. The Balaban J connectivity index is 2.55. The third-order valence-electron chi connectivity index (χ3n) is 2.37. The molecule has 0 saturated carbocycles. The third-order valence-corrected chi connectivity index (χ3v) is 2.37. The van der Waals surface area contributed by atoms with E-state index in [9.17, 15) is 8.78 Å². The molecule has 0 amide bonds. The van der Waals surface area contributed by atoms with E-state index in [1.165, 1.54) is 0 Å².